The molecule has 2 aliphatic heterocycles. The fourth-order valence-electron chi connectivity index (χ4n) is 4.60. The quantitative estimate of drug-likeness (QED) is 0.646. The molecule has 0 saturated carbocycles. The van der Waals surface area contributed by atoms with E-state index in [-0.39, 0.29) is 12.2 Å². The normalized spacial score (nSPS) is 20.2. The molecule has 0 fully saturated rings. The summed E-state index contributed by atoms with van der Waals surface area (Å²) >= 11 is 0. The highest BCUT2D eigenvalue weighted by atomic mass is 19.1. The van der Waals surface area contributed by atoms with Crippen molar-refractivity contribution in [3.63, 3.8) is 0 Å². The predicted molar refractivity (Wildman–Crippen MR) is 118 cm³/mol. The molecule has 3 N–H and O–H groups in total. The largest absolute Gasteiger partial charge is 0.472 e. The number of dihydropyridines is 1. The van der Waals surface area contributed by atoms with Gasteiger partial charge in [0.2, 0.25) is 5.91 Å². The number of hydrogen-bond donors (Lipinski definition) is 2. The van der Waals surface area contributed by atoms with Gasteiger partial charge in [0.15, 0.2) is 0 Å². The molecule has 1 aromatic carbocycles. The first-order valence-electron chi connectivity index (χ1n) is 10.5. The van der Waals surface area contributed by atoms with Crippen LogP contribution in [0, 0.1) is 5.82 Å². The number of rotatable bonds is 5. The van der Waals surface area contributed by atoms with Crippen LogP contribution in [0.2, 0.25) is 0 Å². The lowest BCUT2D eigenvalue weighted by atomic mass is 9.78. The Morgan fingerprint density at radius 1 is 1.25 bits per heavy atom. The van der Waals surface area contributed by atoms with Crippen LogP contribution in [0.15, 0.2) is 65.6 Å². The van der Waals surface area contributed by atoms with Crippen LogP contribution in [-0.4, -0.2) is 34.2 Å². The zero-order valence-corrected chi connectivity index (χ0v) is 17.7. The Morgan fingerprint density at radius 2 is 2.06 bits per heavy atom. The number of likely N-dealkylation sites (N-methyl/N-ethyl adjacent to an activating group) is 1. The van der Waals surface area contributed by atoms with Crippen LogP contribution < -0.4 is 11.1 Å². The number of nitrogens with zero attached hydrogens (tertiary/aromatic N) is 3. The summed E-state index contributed by atoms with van der Waals surface area (Å²) in [7, 11) is 2.07. The topological polar surface area (TPSA) is 89.3 Å². The number of nitrogens with one attached hydrogen (secondary N) is 1. The molecule has 0 saturated heterocycles. The Labute approximate surface area is 185 Å². The minimum absolute atomic E-state index is 0.0576. The van der Waals surface area contributed by atoms with Crippen molar-refractivity contribution in [2.75, 3.05) is 13.6 Å². The number of furan rings is 1. The van der Waals surface area contributed by atoms with Crippen molar-refractivity contribution in [2.24, 2.45) is 5.73 Å². The molecule has 0 aliphatic carbocycles. The van der Waals surface area contributed by atoms with Gasteiger partial charge in [-0.2, -0.15) is 5.10 Å². The third-order valence-corrected chi connectivity index (χ3v) is 6.08. The SMILES string of the molecule is CN1CCn2nc(-c3ccc(F)cc3)c(C3(c4cocc4CC(N)=O)C=CC=CN3)c2C1. The van der Waals surface area contributed by atoms with Crippen LogP contribution in [0.1, 0.15) is 22.4 Å². The van der Waals surface area contributed by atoms with Gasteiger partial charge < -0.3 is 15.5 Å². The third-order valence-electron chi connectivity index (χ3n) is 6.08. The van der Waals surface area contributed by atoms with Crippen molar-refractivity contribution < 1.29 is 13.6 Å². The molecule has 0 radical (unpaired) electrons. The Hall–Kier alpha value is -3.65. The van der Waals surface area contributed by atoms with Crippen LogP contribution in [-0.2, 0) is 29.8 Å². The highest BCUT2D eigenvalue weighted by molar-refractivity contribution is 5.78. The number of hydrogen-bond acceptors (Lipinski definition) is 5. The smallest absolute Gasteiger partial charge is 0.221 e. The van der Waals surface area contributed by atoms with Gasteiger partial charge in [0.1, 0.15) is 11.4 Å². The summed E-state index contributed by atoms with van der Waals surface area (Å²) in [5, 5.41) is 8.47. The lowest BCUT2D eigenvalue weighted by Crippen LogP contribution is -2.42. The molecular weight excluding hydrogens is 409 g/mol. The molecule has 1 unspecified atom stereocenters. The number of aromatic nitrogens is 2. The van der Waals surface area contributed by atoms with Crippen molar-refractivity contribution in [2.45, 2.75) is 25.0 Å². The van der Waals surface area contributed by atoms with E-state index < -0.39 is 11.4 Å². The molecular formula is C24H24FN5O2. The summed E-state index contributed by atoms with van der Waals surface area (Å²) < 4.78 is 21.3. The summed E-state index contributed by atoms with van der Waals surface area (Å²) in [5.41, 5.74) is 9.76. The summed E-state index contributed by atoms with van der Waals surface area (Å²) in [6.07, 6.45) is 11.1. The van der Waals surface area contributed by atoms with E-state index in [0.29, 0.717) is 12.1 Å². The van der Waals surface area contributed by atoms with E-state index in [1.54, 1.807) is 24.7 Å². The van der Waals surface area contributed by atoms with Crippen molar-refractivity contribution in [3.05, 3.63) is 89.4 Å². The van der Waals surface area contributed by atoms with E-state index in [2.05, 4.69) is 17.3 Å². The Bertz CT molecular complexity index is 1220. The molecule has 0 spiro atoms. The van der Waals surface area contributed by atoms with E-state index in [1.165, 1.54) is 12.1 Å². The second-order valence-electron chi connectivity index (χ2n) is 8.26. The molecule has 32 heavy (non-hydrogen) atoms. The molecule has 1 amide bonds. The van der Waals surface area contributed by atoms with Crippen LogP contribution in [0.5, 0.6) is 0 Å². The van der Waals surface area contributed by atoms with Crippen LogP contribution >= 0.6 is 0 Å². The van der Waals surface area contributed by atoms with Crippen molar-refractivity contribution in [1.29, 1.82) is 0 Å². The second-order valence-corrected chi connectivity index (χ2v) is 8.26. The molecule has 5 rings (SSSR count). The number of allylic oxidation sites excluding steroid dienone is 2. The summed E-state index contributed by atoms with van der Waals surface area (Å²) in [6, 6.07) is 6.37. The number of halogens is 1. The maximum atomic E-state index is 13.7. The number of carbonyl (C=O) groups is 1. The zero-order chi connectivity index (χ0) is 22.3. The maximum Gasteiger partial charge on any atom is 0.221 e. The van der Waals surface area contributed by atoms with E-state index in [0.717, 1.165) is 41.2 Å². The van der Waals surface area contributed by atoms with Gasteiger partial charge in [-0.1, -0.05) is 6.08 Å². The third kappa shape index (κ3) is 3.33. The van der Waals surface area contributed by atoms with Crippen LogP contribution in [0.4, 0.5) is 4.39 Å². The molecule has 7 nitrogen and oxygen atoms in total. The molecule has 4 heterocycles. The number of fused-ring (bicyclic) bond motifs is 1. The number of nitrogens with two attached hydrogens (primary N) is 1. The fourth-order valence-corrected chi connectivity index (χ4v) is 4.60. The van der Waals surface area contributed by atoms with Gasteiger partial charge in [0.25, 0.3) is 0 Å². The van der Waals surface area contributed by atoms with Crippen molar-refractivity contribution >= 4 is 5.91 Å². The van der Waals surface area contributed by atoms with Gasteiger partial charge in [0.05, 0.1) is 36.9 Å². The monoisotopic (exact) mass is 433 g/mol. The summed E-state index contributed by atoms with van der Waals surface area (Å²) in [5.74, 6) is -0.737. The first-order chi connectivity index (χ1) is 15.5. The summed E-state index contributed by atoms with van der Waals surface area (Å²) in [4.78, 5) is 14.0. The van der Waals surface area contributed by atoms with E-state index in [9.17, 15) is 9.18 Å². The molecule has 2 aliphatic rings. The highest BCUT2D eigenvalue weighted by Crippen LogP contribution is 2.43. The predicted octanol–water partition coefficient (Wildman–Crippen LogP) is 2.67. The molecule has 0 bridgehead atoms. The molecule has 164 valence electrons. The van der Waals surface area contributed by atoms with E-state index in [4.69, 9.17) is 15.2 Å². The fraction of sp³-hybridized carbons (Fsp3) is 0.250. The number of benzene rings is 1. The van der Waals surface area contributed by atoms with Gasteiger partial charge in [-0.3, -0.25) is 14.4 Å². The number of amides is 1. The van der Waals surface area contributed by atoms with E-state index >= 15 is 0 Å². The minimum atomic E-state index is -0.831. The average molecular weight is 433 g/mol. The first-order valence-corrected chi connectivity index (χ1v) is 10.5. The molecule has 3 aromatic rings. The number of primary amides is 1. The minimum Gasteiger partial charge on any atom is -0.472 e. The Balaban J connectivity index is 1.79. The van der Waals surface area contributed by atoms with Crippen molar-refractivity contribution in [1.82, 2.24) is 20.0 Å². The van der Waals surface area contributed by atoms with Crippen LogP contribution in [0.25, 0.3) is 11.3 Å². The average Bonchev–Trinajstić information content (AvgIpc) is 3.39. The molecule has 1 atom stereocenters. The van der Waals surface area contributed by atoms with Gasteiger partial charge in [-0.25, -0.2) is 4.39 Å². The van der Waals surface area contributed by atoms with Crippen LogP contribution in [0.3, 0.4) is 0 Å². The van der Waals surface area contributed by atoms with Crippen molar-refractivity contribution in [3.8, 4) is 11.3 Å². The molecule has 8 heteroatoms. The summed E-state index contributed by atoms with van der Waals surface area (Å²) in [6.45, 7) is 2.33. The first kappa shape index (κ1) is 20.3. The Morgan fingerprint density at radius 3 is 2.78 bits per heavy atom. The standard InChI is InChI=1S/C24H24FN5O2/c1-29-10-11-30-20(13-29)22(23(28-30)16-4-6-18(25)7-5-16)24(8-2-3-9-27-24)19-15-32-14-17(19)12-21(26)31/h2-9,14-15,27H,10-13H2,1H3,(H2,26,31). The zero-order valence-electron chi connectivity index (χ0n) is 17.7. The number of carbonyl (C=O) groups excluding carboxylic acids is 1. The molecule has 2 aromatic heterocycles. The second kappa shape index (κ2) is 7.80. The van der Waals surface area contributed by atoms with E-state index in [1.807, 2.05) is 29.1 Å². The van der Waals surface area contributed by atoms with Gasteiger partial charge in [0, 0.05) is 35.3 Å². The lowest BCUT2D eigenvalue weighted by Gasteiger charge is -2.36. The van der Waals surface area contributed by atoms with Gasteiger partial charge in [-0.05, 0) is 49.7 Å². The van der Waals surface area contributed by atoms with Gasteiger partial charge in [-0.15, -0.1) is 0 Å². The lowest BCUT2D eigenvalue weighted by molar-refractivity contribution is -0.117. The van der Waals surface area contributed by atoms with Gasteiger partial charge >= 0.3 is 0 Å². The Kier molecular flexibility index (Phi) is 4.94. The highest BCUT2D eigenvalue weighted by Gasteiger charge is 2.42. The maximum absolute atomic E-state index is 13.7.